The van der Waals surface area contributed by atoms with Gasteiger partial charge in [0.25, 0.3) is 0 Å². The Balaban J connectivity index is 1.27. The van der Waals surface area contributed by atoms with Crippen molar-refractivity contribution in [1.82, 2.24) is 39.5 Å². The molecule has 3 atom stereocenters. The van der Waals surface area contributed by atoms with E-state index in [2.05, 4.69) is 47.9 Å². The molecule has 12 heteroatoms. The first-order valence-corrected chi connectivity index (χ1v) is 14.2. The van der Waals surface area contributed by atoms with E-state index in [1.807, 2.05) is 48.2 Å². The molecule has 6 rings (SSSR count). The summed E-state index contributed by atoms with van der Waals surface area (Å²) in [6, 6.07) is 7.94. The van der Waals surface area contributed by atoms with Crippen LogP contribution in [0.4, 0.5) is 0 Å². The topological polar surface area (TPSA) is 110 Å². The fourth-order valence-corrected chi connectivity index (χ4v) is 6.33. The molecular formula is C28H30BBrN8O2. The highest BCUT2D eigenvalue weighted by atomic mass is 79.9. The molecule has 2 fully saturated rings. The van der Waals surface area contributed by atoms with Crippen molar-refractivity contribution in [1.29, 1.82) is 0 Å². The highest BCUT2D eigenvalue weighted by Crippen LogP contribution is 2.58. The lowest BCUT2D eigenvalue weighted by Gasteiger charge is -2.27. The Labute approximate surface area is 241 Å². The van der Waals surface area contributed by atoms with Gasteiger partial charge >= 0.3 is 0 Å². The number of carbonyl (C=O) groups is 2. The van der Waals surface area contributed by atoms with Gasteiger partial charge in [-0.2, -0.15) is 5.10 Å². The molecule has 0 radical (unpaired) electrons. The van der Waals surface area contributed by atoms with Crippen molar-refractivity contribution in [3.8, 4) is 11.3 Å². The lowest BCUT2D eigenvalue weighted by Crippen LogP contribution is -2.47. The maximum atomic E-state index is 13.8. The minimum atomic E-state index is -0.166. The highest BCUT2D eigenvalue weighted by molar-refractivity contribution is 9.10. The summed E-state index contributed by atoms with van der Waals surface area (Å²) in [5.41, 5.74) is 3.48. The molecule has 0 aromatic carbocycles. The van der Waals surface area contributed by atoms with E-state index in [9.17, 15) is 9.59 Å². The number of nitrogens with zero attached hydrogens (tertiary/aromatic N) is 8. The van der Waals surface area contributed by atoms with E-state index in [4.69, 9.17) is 0 Å². The van der Waals surface area contributed by atoms with Gasteiger partial charge in [-0.15, -0.1) is 0 Å². The second-order valence-corrected chi connectivity index (χ2v) is 12.3. The van der Waals surface area contributed by atoms with Crippen LogP contribution in [0.5, 0.6) is 0 Å². The molecule has 1 aliphatic carbocycles. The maximum absolute atomic E-state index is 13.8. The second-order valence-electron chi connectivity index (χ2n) is 11.5. The lowest BCUT2D eigenvalue weighted by atomic mass is 9.63. The molecule has 4 aromatic heterocycles. The summed E-state index contributed by atoms with van der Waals surface area (Å²) in [4.78, 5) is 48.5. The minimum Gasteiger partial charge on any atom is -0.342 e. The maximum Gasteiger partial charge on any atom is 0.244 e. The number of rotatable bonds is 8. The average molecular weight is 601 g/mol. The van der Waals surface area contributed by atoms with Gasteiger partial charge in [0.2, 0.25) is 13.2 Å². The van der Waals surface area contributed by atoms with E-state index < -0.39 is 0 Å². The number of piperidine rings is 1. The first-order chi connectivity index (χ1) is 19.1. The fraction of sp³-hybridized carbons (Fsp3) is 0.393. The third kappa shape index (κ3) is 5.06. The Morgan fingerprint density at radius 1 is 1.15 bits per heavy atom. The Bertz CT molecular complexity index is 1620. The van der Waals surface area contributed by atoms with E-state index >= 15 is 0 Å². The first-order valence-electron chi connectivity index (χ1n) is 13.4. The molecule has 0 unspecified atom stereocenters. The monoisotopic (exact) mass is 600 g/mol. The summed E-state index contributed by atoms with van der Waals surface area (Å²) in [5, 5.41) is 5.24. The molecule has 0 N–H and O–H groups in total. The molecule has 1 saturated heterocycles. The second kappa shape index (κ2) is 10.2. The van der Waals surface area contributed by atoms with Crippen molar-refractivity contribution >= 4 is 51.4 Å². The summed E-state index contributed by atoms with van der Waals surface area (Å²) in [6.07, 6.45) is 7.12. The number of fused-ring (bicyclic) bond motifs is 2. The third-order valence-electron chi connectivity index (χ3n) is 7.95. The van der Waals surface area contributed by atoms with E-state index in [1.165, 1.54) is 6.92 Å². The van der Waals surface area contributed by atoms with Crippen molar-refractivity contribution < 1.29 is 9.59 Å². The van der Waals surface area contributed by atoms with Crippen LogP contribution in [-0.2, 0) is 17.9 Å². The zero-order valence-electron chi connectivity index (χ0n) is 23.0. The van der Waals surface area contributed by atoms with E-state index in [0.717, 1.165) is 28.6 Å². The van der Waals surface area contributed by atoms with E-state index in [-0.39, 0.29) is 35.6 Å². The van der Waals surface area contributed by atoms with Gasteiger partial charge in [0.05, 0.1) is 24.0 Å². The van der Waals surface area contributed by atoms with E-state index in [1.54, 1.807) is 23.3 Å². The van der Waals surface area contributed by atoms with Gasteiger partial charge in [-0.25, -0.2) is 9.97 Å². The molecule has 40 heavy (non-hydrogen) atoms. The lowest BCUT2D eigenvalue weighted by molar-refractivity contribution is -0.132. The number of carbonyl (C=O) groups excluding carboxylic acids is 2. The number of hydrogen-bond donors (Lipinski definition) is 0. The van der Waals surface area contributed by atoms with Gasteiger partial charge in [0.1, 0.15) is 22.7 Å². The molecule has 2 aliphatic rings. The zero-order valence-corrected chi connectivity index (χ0v) is 24.6. The Morgan fingerprint density at radius 2 is 1.93 bits per heavy atom. The van der Waals surface area contributed by atoms with Crippen LogP contribution in [0.25, 0.3) is 22.2 Å². The summed E-state index contributed by atoms with van der Waals surface area (Å²) >= 11 is 3.45. The zero-order chi connectivity index (χ0) is 28.2. The Hall–Kier alpha value is -3.51. The Morgan fingerprint density at radius 3 is 2.62 bits per heavy atom. The van der Waals surface area contributed by atoms with Crippen LogP contribution in [-0.4, -0.2) is 84.6 Å². The standard InChI is InChI=1S/C28H30BBrN8O2/c1-16(39)27-18-8-19(17-11-32-25(33-12-17)14-36(3)4)31-13-20(18)37(35-27)15-26(40)38-21-9-28(21,2)10-23(38)29-22-6-5-7-24(30)34-22/h5-8,11-13,21,23,29H,9-10,14-15H2,1-4H3/t21-,23+,28-/m1/s1. The Kier molecular flexibility index (Phi) is 6.78. The highest BCUT2D eigenvalue weighted by Gasteiger charge is 2.62. The summed E-state index contributed by atoms with van der Waals surface area (Å²) < 4.78 is 2.41. The largest absolute Gasteiger partial charge is 0.342 e. The van der Waals surface area contributed by atoms with E-state index in [0.29, 0.717) is 41.9 Å². The van der Waals surface area contributed by atoms with Gasteiger partial charge in [-0.1, -0.05) is 19.1 Å². The molecule has 1 aliphatic heterocycles. The number of likely N-dealkylation sites (tertiary alicyclic amines) is 1. The molecule has 5 heterocycles. The number of hydrogen-bond acceptors (Lipinski definition) is 8. The number of pyridine rings is 2. The SMILES string of the molecule is CC(=O)c1nn(CC(=O)N2[C@H](Bc3cccc(Br)n3)C[C@@]3(C)C[C@@H]23)c2cnc(-c3cnc(CN(C)C)nc3)cc12. The number of halogens is 1. The van der Waals surface area contributed by atoms with Crippen molar-refractivity contribution in [2.75, 3.05) is 14.1 Å². The molecule has 1 amide bonds. The van der Waals surface area contributed by atoms with Crippen molar-refractivity contribution in [3.63, 3.8) is 0 Å². The molecule has 0 bridgehead atoms. The van der Waals surface area contributed by atoms with Crippen LogP contribution in [0.3, 0.4) is 0 Å². The molecule has 204 valence electrons. The molecule has 10 nitrogen and oxygen atoms in total. The number of aromatic nitrogens is 6. The van der Waals surface area contributed by atoms with Crippen LogP contribution in [0, 0.1) is 5.41 Å². The molecule has 4 aromatic rings. The van der Waals surface area contributed by atoms with Crippen molar-refractivity contribution in [2.24, 2.45) is 5.41 Å². The predicted molar refractivity (Wildman–Crippen MR) is 156 cm³/mol. The van der Waals surface area contributed by atoms with Crippen molar-refractivity contribution in [2.45, 2.75) is 51.8 Å². The molecule has 0 spiro atoms. The normalized spacial score (nSPS) is 21.6. The van der Waals surface area contributed by atoms with Crippen LogP contribution >= 0.6 is 15.9 Å². The predicted octanol–water partition coefficient (Wildman–Crippen LogP) is 2.41. The summed E-state index contributed by atoms with van der Waals surface area (Å²) in [5.74, 6) is 0.626. The number of Topliss-reactive ketones (excluding diaryl/α,β-unsaturated/α-hetero) is 1. The van der Waals surface area contributed by atoms with Crippen LogP contribution in [0.1, 0.15) is 43.0 Å². The quantitative estimate of drug-likeness (QED) is 0.172. The fourth-order valence-electron chi connectivity index (χ4n) is 5.95. The van der Waals surface area contributed by atoms with Gasteiger partial charge in [0.15, 0.2) is 5.78 Å². The van der Waals surface area contributed by atoms with Gasteiger partial charge < -0.3 is 9.80 Å². The smallest absolute Gasteiger partial charge is 0.244 e. The molecule has 1 saturated carbocycles. The molecular weight excluding hydrogens is 571 g/mol. The van der Waals surface area contributed by atoms with Gasteiger partial charge in [-0.05, 0) is 60.4 Å². The summed E-state index contributed by atoms with van der Waals surface area (Å²) in [7, 11) is 4.63. The van der Waals surface area contributed by atoms with Crippen LogP contribution < -0.4 is 5.59 Å². The van der Waals surface area contributed by atoms with Crippen LogP contribution in [0.15, 0.2) is 47.5 Å². The van der Waals surface area contributed by atoms with Crippen LogP contribution in [0.2, 0.25) is 0 Å². The third-order valence-corrected chi connectivity index (χ3v) is 8.40. The van der Waals surface area contributed by atoms with Crippen molar-refractivity contribution in [3.05, 3.63) is 59.0 Å². The summed E-state index contributed by atoms with van der Waals surface area (Å²) in [6.45, 7) is 4.43. The number of ketones is 1. The minimum absolute atomic E-state index is 0.000295. The average Bonchev–Trinajstić information content (AvgIpc) is 3.27. The number of amides is 1. The first kappa shape index (κ1) is 26.7. The van der Waals surface area contributed by atoms with Gasteiger partial charge in [0, 0.05) is 47.8 Å². The van der Waals surface area contributed by atoms with Gasteiger partial charge in [-0.3, -0.25) is 24.2 Å².